The predicted molar refractivity (Wildman–Crippen MR) is 216 cm³/mol. The van der Waals surface area contributed by atoms with Gasteiger partial charge < -0.3 is 8.83 Å². The molecule has 11 aromatic rings. The average Bonchev–Trinajstić information content (AvgIpc) is 3.79. The van der Waals surface area contributed by atoms with Gasteiger partial charge in [-0.2, -0.15) is 0 Å². The van der Waals surface area contributed by atoms with E-state index in [-0.39, 0.29) is 0 Å². The van der Waals surface area contributed by atoms with Crippen molar-refractivity contribution in [3.63, 3.8) is 0 Å². The minimum atomic E-state index is 0.862. The number of rotatable bonds is 4. The van der Waals surface area contributed by atoms with Crippen LogP contribution >= 0.6 is 0 Å². The predicted octanol–water partition coefficient (Wildman–Crippen LogP) is 13.9. The smallest absolute Gasteiger partial charge is 0.143 e. The first-order valence-electron chi connectivity index (χ1n) is 17.6. The van der Waals surface area contributed by atoms with E-state index >= 15 is 0 Å². The Bertz CT molecular complexity index is 3150. The van der Waals surface area contributed by atoms with Crippen molar-refractivity contribution in [2.75, 3.05) is 0 Å². The molecule has 52 heavy (non-hydrogen) atoms. The van der Waals surface area contributed by atoms with Crippen LogP contribution < -0.4 is 0 Å². The molecule has 8 aromatic carbocycles. The Morgan fingerprint density at radius 3 is 1.71 bits per heavy atom. The van der Waals surface area contributed by atoms with E-state index < -0.39 is 0 Å². The lowest BCUT2D eigenvalue weighted by Gasteiger charge is -2.16. The zero-order valence-corrected chi connectivity index (χ0v) is 28.0. The van der Waals surface area contributed by atoms with E-state index in [1.54, 1.807) is 0 Å². The van der Waals surface area contributed by atoms with Gasteiger partial charge in [0.1, 0.15) is 22.3 Å². The highest BCUT2D eigenvalue weighted by molar-refractivity contribution is 6.27. The van der Waals surface area contributed by atoms with Crippen molar-refractivity contribution in [3.05, 3.63) is 176 Å². The molecular weight excluding hydrogens is 635 g/mol. The van der Waals surface area contributed by atoms with Gasteiger partial charge in [-0.15, -0.1) is 0 Å². The van der Waals surface area contributed by atoms with Gasteiger partial charge in [0.15, 0.2) is 0 Å². The number of para-hydroxylation sites is 4. The second-order valence-corrected chi connectivity index (χ2v) is 13.4. The van der Waals surface area contributed by atoms with Crippen molar-refractivity contribution in [2.24, 2.45) is 0 Å². The van der Waals surface area contributed by atoms with Gasteiger partial charge in [-0.3, -0.25) is 0 Å². The molecule has 0 fully saturated rings. The van der Waals surface area contributed by atoms with Gasteiger partial charge in [0.25, 0.3) is 0 Å². The maximum atomic E-state index is 6.55. The van der Waals surface area contributed by atoms with Crippen LogP contribution in [0.5, 0.6) is 0 Å². The van der Waals surface area contributed by atoms with Crippen molar-refractivity contribution in [3.8, 4) is 44.6 Å². The van der Waals surface area contributed by atoms with Crippen LogP contribution in [-0.4, -0.2) is 4.98 Å². The number of furan rings is 2. The van der Waals surface area contributed by atoms with Gasteiger partial charge in [0.2, 0.25) is 0 Å². The van der Waals surface area contributed by atoms with E-state index in [9.17, 15) is 0 Å². The van der Waals surface area contributed by atoms with E-state index in [0.717, 1.165) is 99.2 Å². The number of benzene rings is 8. The van der Waals surface area contributed by atoms with Gasteiger partial charge in [-0.25, -0.2) is 4.98 Å². The number of aromatic nitrogens is 1. The first-order chi connectivity index (χ1) is 25.8. The third-order valence-electron chi connectivity index (χ3n) is 10.5. The van der Waals surface area contributed by atoms with Crippen LogP contribution in [-0.2, 0) is 0 Å². The van der Waals surface area contributed by atoms with Gasteiger partial charge >= 0.3 is 0 Å². The van der Waals surface area contributed by atoms with Crippen LogP contribution in [0.2, 0.25) is 0 Å². The lowest BCUT2D eigenvalue weighted by atomic mass is 9.89. The van der Waals surface area contributed by atoms with E-state index in [0.29, 0.717) is 0 Å². The van der Waals surface area contributed by atoms with E-state index in [1.165, 1.54) is 10.9 Å². The minimum Gasteiger partial charge on any atom is -0.456 e. The maximum absolute atomic E-state index is 6.55. The molecule has 0 aliphatic carbocycles. The molecular formula is C49H29NO2. The molecule has 0 aliphatic heterocycles. The van der Waals surface area contributed by atoms with Crippen molar-refractivity contribution in [2.45, 2.75) is 0 Å². The van der Waals surface area contributed by atoms with Crippen molar-refractivity contribution in [1.29, 1.82) is 0 Å². The maximum Gasteiger partial charge on any atom is 0.143 e. The third kappa shape index (κ3) is 4.36. The summed E-state index contributed by atoms with van der Waals surface area (Å²) in [5, 5.41) is 7.91. The summed E-state index contributed by atoms with van der Waals surface area (Å²) >= 11 is 0. The SMILES string of the molecule is c1ccc(-c2c3c(cc4c(-c5ccc(-c6ccc(-c7cccc8c7oc7ccccc78)cc6)cc5)nc5ccccc5c24)oc2ccccc23)cc1. The standard InChI is InChI=1S/C49H29NO2/c1-2-11-33(12-3-1)45-46-38-14-4-7-18-41(38)50-48(40(46)29-44-47(45)39-15-6-9-20-43(39)51-44)34-27-23-31(24-28-34)30-21-25-32(26-22-30)35-16-10-17-37-36-13-5-8-19-42(36)52-49(35)37/h1-29H. The largest absolute Gasteiger partial charge is 0.456 e. The Kier molecular flexibility index (Phi) is 6.25. The molecule has 0 saturated carbocycles. The summed E-state index contributed by atoms with van der Waals surface area (Å²) in [6, 6.07) is 61.9. The lowest BCUT2D eigenvalue weighted by molar-refractivity contribution is 0.669. The Labute approximate surface area is 299 Å². The van der Waals surface area contributed by atoms with Crippen LogP contribution in [0.4, 0.5) is 0 Å². The fourth-order valence-corrected chi connectivity index (χ4v) is 8.07. The number of pyridine rings is 1. The molecule has 3 aromatic heterocycles. The molecule has 0 saturated heterocycles. The van der Waals surface area contributed by atoms with Gasteiger partial charge in [-0.05, 0) is 46.5 Å². The zero-order chi connectivity index (χ0) is 34.2. The Hall–Kier alpha value is -6.97. The molecule has 0 aliphatic rings. The molecule has 0 amide bonds. The number of fused-ring (bicyclic) bond motifs is 9. The highest BCUT2D eigenvalue weighted by Gasteiger charge is 2.21. The molecule has 3 nitrogen and oxygen atoms in total. The highest BCUT2D eigenvalue weighted by atomic mass is 16.3. The molecule has 0 bridgehead atoms. The van der Waals surface area contributed by atoms with Crippen LogP contribution in [0.3, 0.4) is 0 Å². The van der Waals surface area contributed by atoms with Crippen LogP contribution in [0.1, 0.15) is 0 Å². The quantitative estimate of drug-likeness (QED) is 0.176. The van der Waals surface area contributed by atoms with E-state index in [2.05, 4.69) is 158 Å². The van der Waals surface area contributed by atoms with Crippen molar-refractivity contribution in [1.82, 2.24) is 4.98 Å². The summed E-state index contributed by atoms with van der Waals surface area (Å²) in [6.07, 6.45) is 0. The fourth-order valence-electron chi connectivity index (χ4n) is 8.07. The fraction of sp³-hybridized carbons (Fsp3) is 0. The molecule has 0 atom stereocenters. The topological polar surface area (TPSA) is 39.2 Å². The molecule has 0 spiro atoms. The van der Waals surface area contributed by atoms with Crippen LogP contribution in [0, 0.1) is 0 Å². The monoisotopic (exact) mass is 663 g/mol. The summed E-state index contributed by atoms with van der Waals surface area (Å²) in [4.78, 5) is 5.31. The summed E-state index contributed by atoms with van der Waals surface area (Å²) < 4.78 is 12.9. The van der Waals surface area contributed by atoms with Gasteiger partial charge in [-0.1, -0.05) is 152 Å². The zero-order valence-electron chi connectivity index (χ0n) is 28.0. The van der Waals surface area contributed by atoms with E-state index in [1.807, 2.05) is 18.2 Å². The van der Waals surface area contributed by atoms with Gasteiger partial charge in [0, 0.05) is 54.4 Å². The average molecular weight is 664 g/mol. The summed E-state index contributed by atoms with van der Waals surface area (Å²) in [5.41, 5.74) is 13.4. The second kappa shape index (κ2) is 11.3. The highest BCUT2D eigenvalue weighted by Crippen LogP contribution is 2.46. The Balaban J connectivity index is 1.05. The Morgan fingerprint density at radius 1 is 0.346 bits per heavy atom. The summed E-state index contributed by atoms with van der Waals surface area (Å²) in [7, 11) is 0. The number of hydrogen-bond donors (Lipinski definition) is 0. The lowest BCUT2D eigenvalue weighted by Crippen LogP contribution is -1.93. The molecule has 11 rings (SSSR count). The molecule has 0 N–H and O–H groups in total. The molecule has 0 unspecified atom stereocenters. The third-order valence-corrected chi connectivity index (χ3v) is 10.5. The van der Waals surface area contributed by atoms with Crippen molar-refractivity contribution >= 4 is 65.6 Å². The number of nitrogens with zero attached hydrogens (tertiary/aromatic N) is 1. The summed E-state index contributed by atoms with van der Waals surface area (Å²) in [6.45, 7) is 0. The molecule has 3 heterocycles. The van der Waals surface area contributed by atoms with Gasteiger partial charge in [0.05, 0.1) is 11.2 Å². The Morgan fingerprint density at radius 2 is 0.942 bits per heavy atom. The molecule has 3 heteroatoms. The van der Waals surface area contributed by atoms with Crippen LogP contribution in [0.25, 0.3) is 110 Å². The second-order valence-electron chi connectivity index (χ2n) is 13.4. The van der Waals surface area contributed by atoms with Crippen LogP contribution in [0.15, 0.2) is 185 Å². The molecule has 242 valence electrons. The first-order valence-corrected chi connectivity index (χ1v) is 17.6. The summed E-state index contributed by atoms with van der Waals surface area (Å²) in [5.74, 6) is 0. The number of hydrogen-bond acceptors (Lipinski definition) is 3. The molecule has 0 radical (unpaired) electrons. The minimum absolute atomic E-state index is 0.862. The van der Waals surface area contributed by atoms with Crippen molar-refractivity contribution < 1.29 is 8.83 Å². The first kappa shape index (κ1) is 28.8. The van der Waals surface area contributed by atoms with E-state index in [4.69, 9.17) is 13.8 Å². The normalized spacial score (nSPS) is 11.8.